The number of anilines is 1. The Kier molecular flexibility index (Phi) is 4.43. The molecule has 0 unspecified atom stereocenters. The SMILES string of the molecule is CCN1C(=O)COc2ccc(C(=O)CCCCl)cc21. The quantitative estimate of drug-likeness (QED) is 0.616. The van der Waals surface area contributed by atoms with Crippen LogP contribution in [0.5, 0.6) is 5.75 Å². The number of hydrogen-bond acceptors (Lipinski definition) is 3. The van der Waals surface area contributed by atoms with Crippen molar-refractivity contribution in [3.05, 3.63) is 23.8 Å². The standard InChI is InChI=1S/C14H16ClNO3/c1-2-16-11-8-10(12(17)4-3-7-15)5-6-13(11)19-9-14(16)18/h5-6,8H,2-4,7,9H2,1H3. The molecule has 5 heteroatoms. The number of carbonyl (C=O) groups excluding carboxylic acids is 2. The normalized spacial score (nSPS) is 14.0. The number of halogens is 1. The Labute approximate surface area is 117 Å². The summed E-state index contributed by atoms with van der Waals surface area (Å²) < 4.78 is 5.36. The Morgan fingerprint density at radius 2 is 2.26 bits per heavy atom. The molecular weight excluding hydrogens is 266 g/mol. The minimum Gasteiger partial charge on any atom is -0.482 e. The Hall–Kier alpha value is -1.55. The Morgan fingerprint density at radius 1 is 1.47 bits per heavy atom. The summed E-state index contributed by atoms with van der Waals surface area (Å²) in [4.78, 5) is 25.3. The van der Waals surface area contributed by atoms with Gasteiger partial charge in [-0.2, -0.15) is 0 Å². The van der Waals surface area contributed by atoms with Crippen molar-refractivity contribution in [1.29, 1.82) is 0 Å². The maximum absolute atomic E-state index is 12.0. The zero-order chi connectivity index (χ0) is 13.8. The van der Waals surface area contributed by atoms with E-state index in [2.05, 4.69) is 0 Å². The summed E-state index contributed by atoms with van der Waals surface area (Å²) in [5, 5.41) is 0. The van der Waals surface area contributed by atoms with Gasteiger partial charge < -0.3 is 9.64 Å². The molecule has 1 aromatic carbocycles. The molecule has 0 bridgehead atoms. The van der Waals surface area contributed by atoms with Crippen LogP contribution in [-0.2, 0) is 4.79 Å². The van der Waals surface area contributed by atoms with Crippen molar-refractivity contribution in [1.82, 2.24) is 0 Å². The predicted octanol–water partition coefficient (Wildman–Crippen LogP) is 2.63. The van der Waals surface area contributed by atoms with Gasteiger partial charge in [0.25, 0.3) is 5.91 Å². The number of ether oxygens (including phenoxy) is 1. The van der Waals surface area contributed by atoms with Crippen LogP contribution in [0.15, 0.2) is 18.2 Å². The molecule has 1 amide bonds. The summed E-state index contributed by atoms with van der Waals surface area (Å²) in [5.74, 6) is 1.08. The molecule has 2 rings (SSSR count). The van der Waals surface area contributed by atoms with Gasteiger partial charge in [-0.25, -0.2) is 0 Å². The zero-order valence-electron chi connectivity index (χ0n) is 10.8. The highest BCUT2D eigenvalue weighted by atomic mass is 35.5. The lowest BCUT2D eigenvalue weighted by atomic mass is 10.0. The van der Waals surface area contributed by atoms with Gasteiger partial charge in [-0.3, -0.25) is 9.59 Å². The van der Waals surface area contributed by atoms with Crippen molar-refractivity contribution in [2.75, 3.05) is 23.9 Å². The lowest BCUT2D eigenvalue weighted by Crippen LogP contribution is -2.38. The molecule has 0 spiro atoms. The van der Waals surface area contributed by atoms with Gasteiger partial charge in [0, 0.05) is 24.4 Å². The Morgan fingerprint density at radius 3 is 2.95 bits per heavy atom. The number of hydrogen-bond donors (Lipinski definition) is 0. The third-order valence-electron chi connectivity index (χ3n) is 3.08. The number of benzene rings is 1. The molecule has 0 saturated heterocycles. The summed E-state index contributed by atoms with van der Waals surface area (Å²) in [7, 11) is 0. The van der Waals surface area contributed by atoms with Crippen LogP contribution in [0.1, 0.15) is 30.1 Å². The first-order chi connectivity index (χ1) is 9.17. The fraction of sp³-hybridized carbons (Fsp3) is 0.429. The van der Waals surface area contributed by atoms with E-state index in [9.17, 15) is 9.59 Å². The molecule has 1 aliphatic rings. The molecule has 0 aliphatic carbocycles. The average Bonchev–Trinajstić information content (AvgIpc) is 2.44. The maximum Gasteiger partial charge on any atom is 0.265 e. The topological polar surface area (TPSA) is 46.6 Å². The van der Waals surface area contributed by atoms with E-state index in [1.807, 2.05) is 6.92 Å². The van der Waals surface area contributed by atoms with Crippen LogP contribution in [0.25, 0.3) is 0 Å². The third kappa shape index (κ3) is 2.89. The fourth-order valence-corrected chi connectivity index (χ4v) is 2.23. The van der Waals surface area contributed by atoms with Crippen LogP contribution in [0, 0.1) is 0 Å². The van der Waals surface area contributed by atoms with Gasteiger partial charge in [0.15, 0.2) is 12.4 Å². The van der Waals surface area contributed by atoms with Crippen molar-refractivity contribution in [3.8, 4) is 5.75 Å². The second kappa shape index (κ2) is 6.06. The van der Waals surface area contributed by atoms with Crippen molar-refractivity contribution < 1.29 is 14.3 Å². The van der Waals surface area contributed by atoms with Gasteiger partial charge in [-0.05, 0) is 31.5 Å². The molecule has 1 aromatic rings. The van der Waals surface area contributed by atoms with Crippen LogP contribution in [-0.4, -0.2) is 30.7 Å². The number of Topliss-reactive ketones (excluding diaryl/α,β-unsaturated/α-hetero) is 1. The molecule has 102 valence electrons. The van der Waals surface area contributed by atoms with Crippen LogP contribution >= 0.6 is 11.6 Å². The number of ketones is 1. The highest BCUT2D eigenvalue weighted by molar-refractivity contribution is 6.18. The molecule has 19 heavy (non-hydrogen) atoms. The van der Waals surface area contributed by atoms with Crippen LogP contribution in [0.4, 0.5) is 5.69 Å². The van der Waals surface area contributed by atoms with Crippen LogP contribution in [0.2, 0.25) is 0 Å². The number of likely N-dealkylation sites (N-methyl/N-ethyl adjacent to an activating group) is 1. The molecule has 0 aromatic heterocycles. The molecule has 0 radical (unpaired) electrons. The average molecular weight is 282 g/mol. The number of alkyl halides is 1. The number of carbonyl (C=O) groups is 2. The number of fused-ring (bicyclic) bond motifs is 1. The molecule has 0 N–H and O–H groups in total. The highest BCUT2D eigenvalue weighted by Crippen LogP contribution is 2.33. The van der Waals surface area contributed by atoms with Gasteiger partial charge in [0.2, 0.25) is 0 Å². The molecule has 0 saturated carbocycles. The molecular formula is C14H16ClNO3. The second-order valence-electron chi connectivity index (χ2n) is 4.32. The summed E-state index contributed by atoms with van der Waals surface area (Å²) in [5.41, 5.74) is 1.27. The largest absolute Gasteiger partial charge is 0.482 e. The first-order valence-electron chi connectivity index (χ1n) is 6.33. The van der Waals surface area contributed by atoms with Gasteiger partial charge >= 0.3 is 0 Å². The Balaban J connectivity index is 2.28. The molecule has 1 aliphatic heterocycles. The van der Waals surface area contributed by atoms with Crippen LogP contribution < -0.4 is 9.64 Å². The first-order valence-corrected chi connectivity index (χ1v) is 6.87. The predicted molar refractivity (Wildman–Crippen MR) is 74.2 cm³/mol. The second-order valence-corrected chi connectivity index (χ2v) is 4.70. The van der Waals surface area contributed by atoms with E-state index >= 15 is 0 Å². The van der Waals surface area contributed by atoms with E-state index in [0.717, 1.165) is 0 Å². The number of nitrogens with zero attached hydrogens (tertiary/aromatic N) is 1. The van der Waals surface area contributed by atoms with E-state index < -0.39 is 0 Å². The zero-order valence-corrected chi connectivity index (χ0v) is 11.6. The van der Waals surface area contributed by atoms with Crippen LogP contribution in [0.3, 0.4) is 0 Å². The third-order valence-corrected chi connectivity index (χ3v) is 3.34. The monoisotopic (exact) mass is 281 g/mol. The van der Waals surface area contributed by atoms with Crippen molar-refractivity contribution in [3.63, 3.8) is 0 Å². The van der Waals surface area contributed by atoms with Crippen molar-refractivity contribution in [2.24, 2.45) is 0 Å². The number of amides is 1. The lowest BCUT2D eigenvalue weighted by Gasteiger charge is -2.28. The van der Waals surface area contributed by atoms with Gasteiger partial charge in [0.1, 0.15) is 5.75 Å². The molecule has 4 nitrogen and oxygen atoms in total. The van der Waals surface area contributed by atoms with Crippen molar-refractivity contribution in [2.45, 2.75) is 19.8 Å². The van der Waals surface area contributed by atoms with Gasteiger partial charge in [-0.1, -0.05) is 0 Å². The first kappa shape index (κ1) is 13.9. The Bertz CT molecular complexity index is 501. The molecule has 0 fully saturated rings. The van der Waals surface area contributed by atoms with E-state index in [0.29, 0.717) is 42.3 Å². The number of rotatable bonds is 5. The highest BCUT2D eigenvalue weighted by Gasteiger charge is 2.25. The molecule has 0 atom stereocenters. The van der Waals surface area contributed by atoms with Gasteiger partial charge in [0.05, 0.1) is 5.69 Å². The summed E-state index contributed by atoms with van der Waals surface area (Å²) in [6, 6.07) is 5.21. The molecule has 1 heterocycles. The lowest BCUT2D eigenvalue weighted by molar-refractivity contribution is -0.121. The van der Waals surface area contributed by atoms with E-state index in [1.165, 1.54) is 0 Å². The summed E-state index contributed by atoms with van der Waals surface area (Å²) in [6.45, 7) is 2.52. The smallest absolute Gasteiger partial charge is 0.265 e. The van der Waals surface area contributed by atoms with E-state index in [4.69, 9.17) is 16.3 Å². The van der Waals surface area contributed by atoms with Crippen molar-refractivity contribution >= 4 is 29.0 Å². The summed E-state index contributed by atoms with van der Waals surface area (Å²) in [6.07, 6.45) is 1.08. The van der Waals surface area contributed by atoms with E-state index in [1.54, 1.807) is 23.1 Å². The summed E-state index contributed by atoms with van der Waals surface area (Å²) >= 11 is 5.59. The van der Waals surface area contributed by atoms with Gasteiger partial charge in [-0.15, -0.1) is 11.6 Å². The van der Waals surface area contributed by atoms with E-state index in [-0.39, 0.29) is 18.3 Å². The maximum atomic E-state index is 12.0. The minimum atomic E-state index is -0.0830. The fourth-order valence-electron chi connectivity index (χ4n) is 2.09. The minimum absolute atomic E-state index is 0.0394.